The van der Waals surface area contributed by atoms with Gasteiger partial charge in [-0.15, -0.1) is 24.0 Å². The van der Waals surface area contributed by atoms with Gasteiger partial charge >= 0.3 is 0 Å². The SMILES string of the molecule is CCNC(=NCc1ccc(-n2ccnc2C)nc1)N(C)Cc1ccc(Cl)cc1.I. The largest absolute Gasteiger partial charge is 0.357 e. The Hall–Kier alpha value is -2.13. The van der Waals surface area contributed by atoms with E-state index in [2.05, 4.69) is 27.1 Å². The zero-order chi connectivity index (χ0) is 19.9. The van der Waals surface area contributed by atoms with E-state index in [1.165, 1.54) is 5.56 Å². The van der Waals surface area contributed by atoms with Crippen LogP contribution in [-0.2, 0) is 13.1 Å². The van der Waals surface area contributed by atoms with Crippen molar-refractivity contribution in [2.24, 2.45) is 4.99 Å². The van der Waals surface area contributed by atoms with Crippen LogP contribution in [0.5, 0.6) is 0 Å². The summed E-state index contributed by atoms with van der Waals surface area (Å²) in [4.78, 5) is 15.6. The van der Waals surface area contributed by atoms with Crippen molar-refractivity contribution < 1.29 is 0 Å². The van der Waals surface area contributed by atoms with E-state index in [0.29, 0.717) is 6.54 Å². The molecule has 6 nitrogen and oxygen atoms in total. The highest BCUT2D eigenvalue weighted by Gasteiger charge is 2.07. The number of aryl methyl sites for hydroxylation is 1. The van der Waals surface area contributed by atoms with Crippen molar-refractivity contribution in [3.05, 3.63) is 77.0 Å². The summed E-state index contributed by atoms with van der Waals surface area (Å²) in [7, 11) is 2.03. The van der Waals surface area contributed by atoms with E-state index in [9.17, 15) is 0 Å². The molecule has 0 unspecified atom stereocenters. The maximum atomic E-state index is 5.97. The van der Waals surface area contributed by atoms with E-state index < -0.39 is 0 Å². The van der Waals surface area contributed by atoms with E-state index in [-0.39, 0.29) is 24.0 Å². The fraction of sp³-hybridized carbons (Fsp3) is 0.286. The van der Waals surface area contributed by atoms with Crippen molar-refractivity contribution >= 4 is 41.5 Å². The number of benzene rings is 1. The van der Waals surface area contributed by atoms with Gasteiger partial charge in [0.05, 0.1) is 6.54 Å². The number of nitrogens with zero attached hydrogens (tertiary/aromatic N) is 5. The zero-order valence-corrected chi connectivity index (χ0v) is 19.9. The predicted octanol–water partition coefficient (Wildman–Crippen LogP) is 4.44. The number of guanidine groups is 1. The normalized spacial score (nSPS) is 11.1. The van der Waals surface area contributed by atoms with Gasteiger partial charge in [-0.05, 0) is 43.2 Å². The zero-order valence-electron chi connectivity index (χ0n) is 16.8. The Labute approximate surface area is 194 Å². The van der Waals surface area contributed by atoms with Gasteiger partial charge in [0, 0.05) is 43.8 Å². The van der Waals surface area contributed by atoms with Crippen molar-refractivity contribution in [2.75, 3.05) is 13.6 Å². The number of pyridine rings is 1. The van der Waals surface area contributed by atoms with Crippen LogP contribution in [0.15, 0.2) is 60.0 Å². The minimum atomic E-state index is 0. The van der Waals surface area contributed by atoms with Crippen LogP contribution in [0.1, 0.15) is 23.9 Å². The third kappa shape index (κ3) is 6.43. The van der Waals surface area contributed by atoms with E-state index in [1.54, 1.807) is 6.20 Å². The topological polar surface area (TPSA) is 58.3 Å². The molecular weight excluding hydrogens is 499 g/mol. The van der Waals surface area contributed by atoms with Crippen LogP contribution in [-0.4, -0.2) is 39.0 Å². The maximum Gasteiger partial charge on any atom is 0.194 e. The van der Waals surface area contributed by atoms with Crippen LogP contribution in [0.25, 0.3) is 5.82 Å². The molecule has 0 saturated carbocycles. The van der Waals surface area contributed by atoms with Gasteiger partial charge in [0.1, 0.15) is 11.6 Å². The third-order valence-electron chi connectivity index (χ3n) is 4.32. The van der Waals surface area contributed by atoms with Gasteiger partial charge in [0.25, 0.3) is 0 Å². The van der Waals surface area contributed by atoms with Crippen molar-refractivity contribution in [3.8, 4) is 5.82 Å². The Kier molecular flexibility index (Phi) is 8.91. The lowest BCUT2D eigenvalue weighted by atomic mass is 10.2. The molecule has 1 aromatic carbocycles. The number of imidazole rings is 1. The summed E-state index contributed by atoms with van der Waals surface area (Å²) in [6.45, 7) is 6.14. The molecule has 0 bridgehead atoms. The highest BCUT2D eigenvalue weighted by molar-refractivity contribution is 14.0. The van der Waals surface area contributed by atoms with E-state index >= 15 is 0 Å². The van der Waals surface area contributed by atoms with E-state index in [1.807, 2.05) is 67.3 Å². The first kappa shape index (κ1) is 23.2. The summed E-state index contributed by atoms with van der Waals surface area (Å²) in [6.07, 6.45) is 5.54. The Balaban J connectivity index is 0.00000300. The Morgan fingerprint density at radius 2 is 1.86 bits per heavy atom. The second-order valence-corrected chi connectivity index (χ2v) is 6.96. The number of aromatic nitrogens is 3. The first-order chi connectivity index (χ1) is 13.6. The van der Waals surface area contributed by atoms with Gasteiger partial charge in [0.2, 0.25) is 0 Å². The molecule has 3 aromatic rings. The predicted molar refractivity (Wildman–Crippen MR) is 129 cm³/mol. The highest BCUT2D eigenvalue weighted by Crippen LogP contribution is 2.12. The average molecular weight is 525 g/mol. The number of hydrogen-bond donors (Lipinski definition) is 1. The highest BCUT2D eigenvalue weighted by atomic mass is 127. The molecule has 29 heavy (non-hydrogen) atoms. The minimum Gasteiger partial charge on any atom is -0.357 e. The van der Waals surface area contributed by atoms with Crippen LogP contribution in [0.4, 0.5) is 0 Å². The molecule has 0 aliphatic rings. The lowest BCUT2D eigenvalue weighted by Crippen LogP contribution is -2.38. The van der Waals surface area contributed by atoms with Gasteiger partial charge in [-0.25, -0.2) is 15.0 Å². The van der Waals surface area contributed by atoms with Crippen LogP contribution < -0.4 is 5.32 Å². The summed E-state index contributed by atoms with van der Waals surface area (Å²) in [6, 6.07) is 11.9. The number of nitrogens with one attached hydrogen (secondary N) is 1. The third-order valence-corrected chi connectivity index (χ3v) is 4.57. The second-order valence-electron chi connectivity index (χ2n) is 6.52. The molecule has 0 spiro atoms. The monoisotopic (exact) mass is 524 g/mol. The van der Waals surface area contributed by atoms with Gasteiger partial charge < -0.3 is 10.2 Å². The summed E-state index contributed by atoms with van der Waals surface area (Å²) < 4.78 is 1.96. The van der Waals surface area contributed by atoms with E-state index in [4.69, 9.17) is 16.6 Å². The molecule has 0 fully saturated rings. The standard InChI is InChI=1S/C21H25ClN6.HI/c1-4-23-21(27(3)15-17-5-8-19(22)9-6-17)26-14-18-7-10-20(25-13-18)28-12-11-24-16(28)2;/h5-13H,4,14-15H2,1-3H3,(H,23,26);1H. The summed E-state index contributed by atoms with van der Waals surface area (Å²) in [5.41, 5.74) is 2.23. The fourth-order valence-electron chi connectivity index (χ4n) is 2.85. The molecule has 3 rings (SSSR count). The van der Waals surface area contributed by atoms with E-state index in [0.717, 1.165) is 41.3 Å². The number of hydrogen-bond acceptors (Lipinski definition) is 3. The van der Waals surface area contributed by atoms with Crippen LogP contribution in [0.3, 0.4) is 0 Å². The van der Waals surface area contributed by atoms with Gasteiger partial charge in [-0.2, -0.15) is 0 Å². The molecule has 0 aliphatic carbocycles. The molecule has 1 N–H and O–H groups in total. The average Bonchev–Trinajstić information content (AvgIpc) is 3.13. The van der Waals surface area contributed by atoms with Crippen LogP contribution in [0.2, 0.25) is 5.02 Å². The van der Waals surface area contributed by atoms with Crippen molar-refractivity contribution in [1.82, 2.24) is 24.8 Å². The summed E-state index contributed by atoms with van der Waals surface area (Å²) in [5, 5.41) is 4.09. The molecule has 0 amide bonds. The minimum absolute atomic E-state index is 0. The molecular formula is C21H26ClIN6. The Morgan fingerprint density at radius 3 is 2.45 bits per heavy atom. The van der Waals surface area contributed by atoms with Gasteiger partial charge in [-0.3, -0.25) is 4.57 Å². The summed E-state index contributed by atoms with van der Waals surface area (Å²) >= 11 is 5.97. The smallest absolute Gasteiger partial charge is 0.194 e. The number of rotatable bonds is 6. The number of halogens is 2. The quantitative estimate of drug-likeness (QED) is 0.294. The molecule has 0 aliphatic heterocycles. The van der Waals surface area contributed by atoms with Crippen molar-refractivity contribution in [2.45, 2.75) is 26.9 Å². The molecule has 8 heteroatoms. The Bertz CT molecular complexity index is 921. The molecule has 154 valence electrons. The molecule has 0 atom stereocenters. The Morgan fingerprint density at radius 1 is 1.14 bits per heavy atom. The first-order valence-electron chi connectivity index (χ1n) is 9.26. The molecule has 2 aromatic heterocycles. The second kappa shape index (κ2) is 11.2. The van der Waals surface area contributed by atoms with Gasteiger partial charge in [-0.1, -0.05) is 29.8 Å². The van der Waals surface area contributed by atoms with Crippen molar-refractivity contribution in [3.63, 3.8) is 0 Å². The summed E-state index contributed by atoms with van der Waals surface area (Å²) in [5.74, 6) is 2.62. The lowest BCUT2D eigenvalue weighted by Gasteiger charge is -2.22. The first-order valence-corrected chi connectivity index (χ1v) is 9.63. The van der Waals surface area contributed by atoms with Crippen molar-refractivity contribution in [1.29, 1.82) is 0 Å². The lowest BCUT2D eigenvalue weighted by molar-refractivity contribution is 0.477. The van der Waals surface area contributed by atoms with Gasteiger partial charge in [0.15, 0.2) is 5.96 Å². The van der Waals surface area contributed by atoms with Crippen LogP contribution in [0, 0.1) is 6.92 Å². The maximum absolute atomic E-state index is 5.97. The molecule has 2 heterocycles. The molecule has 0 radical (unpaired) electrons. The number of aliphatic imine (C=N–C) groups is 1. The fourth-order valence-corrected chi connectivity index (χ4v) is 2.97. The molecule has 0 saturated heterocycles. The van der Waals surface area contributed by atoms with Crippen LogP contribution >= 0.6 is 35.6 Å².